The van der Waals surface area contributed by atoms with Crippen molar-refractivity contribution in [2.45, 2.75) is 329 Å². The molecule has 0 bridgehead atoms. The summed E-state index contributed by atoms with van der Waals surface area (Å²) in [6.45, 7) is 6.64. The lowest BCUT2D eigenvalue weighted by Gasteiger charge is -2.18. The van der Waals surface area contributed by atoms with Crippen LogP contribution in [0.5, 0.6) is 0 Å². The summed E-state index contributed by atoms with van der Waals surface area (Å²) in [5, 5.41) is 0. The van der Waals surface area contributed by atoms with Crippen molar-refractivity contribution in [2.75, 3.05) is 13.2 Å². The van der Waals surface area contributed by atoms with Crippen LogP contribution in [0.4, 0.5) is 0 Å². The fourth-order valence-electron chi connectivity index (χ4n) is 8.76. The molecule has 66 heavy (non-hydrogen) atoms. The van der Waals surface area contributed by atoms with Crippen molar-refractivity contribution in [1.29, 1.82) is 0 Å². The third-order valence-corrected chi connectivity index (χ3v) is 13.2. The molecule has 0 radical (unpaired) electrons. The molecule has 0 aromatic heterocycles. The summed E-state index contributed by atoms with van der Waals surface area (Å²) >= 11 is 0. The fraction of sp³-hybridized carbons (Fsp3) is 0.883. The van der Waals surface area contributed by atoms with E-state index in [1.54, 1.807) is 0 Å². The molecule has 0 heterocycles. The summed E-state index contributed by atoms with van der Waals surface area (Å²) in [6, 6.07) is 0. The Morgan fingerprint density at radius 3 is 0.879 bits per heavy atom. The van der Waals surface area contributed by atoms with Crippen molar-refractivity contribution in [3.05, 3.63) is 24.3 Å². The SMILES string of the molecule is CCCC/C=C\C/C=C\CCCCCCCC(=O)OCC(COC(=O)CCCCCCCCCCCCCCCCCCCCC)OC(=O)CCCCCCCCCCCCCCCCC. The monoisotopic (exact) mass is 929 g/mol. The van der Waals surface area contributed by atoms with E-state index in [2.05, 4.69) is 45.1 Å². The summed E-state index contributed by atoms with van der Waals surface area (Å²) < 4.78 is 16.9. The third-order valence-electron chi connectivity index (χ3n) is 13.2. The van der Waals surface area contributed by atoms with Crippen molar-refractivity contribution >= 4 is 17.9 Å². The normalized spacial score (nSPS) is 12.1. The Labute approximate surface area is 411 Å². The number of hydrogen-bond donors (Lipinski definition) is 0. The van der Waals surface area contributed by atoms with Crippen LogP contribution < -0.4 is 0 Å². The van der Waals surface area contributed by atoms with Crippen LogP contribution in [0.1, 0.15) is 323 Å². The molecule has 0 aliphatic heterocycles. The molecular weight excluding hydrogens is 817 g/mol. The average Bonchev–Trinajstić information content (AvgIpc) is 3.31. The Hall–Kier alpha value is -2.11. The largest absolute Gasteiger partial charge is 0.462 e. The van der Waals surface area contributed by atoms with Gasteiger partial charge in [0.25, 0.3) is 0 Å². The number of carbonyl (C=O) groups excluding carboxylic acids is 3. The number of carbonyl (C=O) groups is 3. The first-order valence-corrected chi connectivity index (χ1v) is 29.3. The van der Waals surface area contributed by atoms with Crippen molar-refractivity contribution < 1.29 is 28.6 Å². The first kappa shape index (κ1) is 63.9. The van der Waals surface area contributed by atoms with Crippen LogP contribution >= 0.6 is 0 Å². The molecule has 0 aliphatic carbocycles. The Balaban J connectivity index is 4.31. The van der Waals surface area contributed by atoms with E-state index in [9.17, 15) is 14.4 Å². The topological polar surface area (TPSA) is 78.9 Å². The average molecular weight is 930 g/mol. The van der Waals surface area contributed by atoms with Gasteiger partial charge in [-0.3, -0.25) is 14.4 Å². The molecule has 0 aliphatic rings. The van der Waals surface area contributed by atoms with Crippen LogP contribution in [0.25, 0.3) is 0 Å². The molecule has 6 heteroatoms. The van der Waals surface area contributed by atoms with Gasteiger partial charge in [0.15, 0.2) is 6.10 Å². The number of hydrogen-bond acceptors (Lipinski definition) is 6. The van der Waals surface area contributed by atoms with Gasteiger partial charge in [0.05, 0.1) is 0 Å². The third kappa shape index (κ3) is 52.9. The van der Waals surface area contributed by atoms with Crippen molar-refractivity contribution in [3.63, 3.8) is 0 Å². The Kier molecular flexibility index (Phi) is 53.7. The summed E-state index contributed by atoms with van der Waals surface area (Å²) in [5.74, 6) is -0.862. The minimum absolute atomic E-state index is 0.0700. The summed E-state index contributed by atoms with van der Waals surface area (Å²) in [7, 11) is 0. The minimum atomic E-state index is -0.772. The van der Waals surface area contributed by atoms with E-state index in [1.807, 2.05) is 0 Å². The smallest absolute Gasteiger partial charge is 0.306 e. The van der Waals surface area contributed by atoms with Crippen molar-refractivity contribution in [2.24, 2.45) is 0 Å². The second-order valence-corrected chi connectivity index (χ2v) is 19.9. The van der Waals surface area contributed by atoms with Crippen LogP contribution in [0, 0.1) is 0 Å². The highest BCUT2D eigenvalue weighted by Gasteiger charge is 2.19. The molecule has 0 spiro atoms. The Bertz CT molecular complexity index is 1070. The Morgan fingerprint density at radius 2 is 0.561 bits per heavy atom. The lowest BCUT2D eigenvalue weighted by molar-refractivity contribution is -0.167. The van der Waals surface area contributed by atoms with Crippen LogP contribution in [-0.4, -0.2) is 37.2 Å². The molecular formula is C60H112O6. The number of rotatable bonds is 54. The molecule has 0 aromatic rings. The molecule has 6 nitrogen and oxygen atoms in total. The molecule has 0 saturated carbocycles. The molecule has 0 amide bonds. The summed E-state index contributed by atoms with van der Waals surface area (Å²) in [5.41, 5.74) is 0. The predicted octanol–water partition coefficient (Wildman–Crippen LogP) is 19.5. The van der Waals surface area contributed by atoms with Gasteiger partial charge in [0.1, 0.15) is 13.2 Å². The zero-order valence-electron chi connectivity index (χ0n) is 44.5. The molecule has 0 rings (SSSR count). The summed E-state index contributed by atoms with van der Waals surface area (Å²) in [6.07, 6.45) is 64.5. The van der Waals surface area contributed by atoms with E-state index in [0.29, 0.717) is 19.3 Å². The maximum Gasteiger partial charge on any atom is 0.306 e. The molecule has 0 aromatic carbocycles. The maximum atomic E-state index is 12.8. The lowest BCUT2D eigenvalue weighted by atomic mass is 10.0. The van der Waals surface area contributed by atoms with Gasteiger partial charge in [-0.1, -0.05) is 283 Å². The maximum absolute atomic E-state index is 12.8. The summed E-state index contributed by atoms with van der Waals surface area (Å²) in [4.78, 5) is 38.1. The number of allylic oxidation sites excluding steroid dienone is 4. The van der Waals surface area contributed by atoms with Gasteiger partial charge in [-0.2, -0.15) is 0 Å². The first-order chi connectivity index (χ1) is 32.5. The van der Waals surface area contributed by atoms with E-state index in [-0.39, 0.29) is 31.1 Å². The van der Waals surface area contributed by atoms with E-state index in [4.69, 9.17) is 14.2 Å². The molecule has 1 unspecified atom stereocenters. The van der Waals surface area contributed by atoms with Crippen LogP contribution in [0.3, 0.4) is 0 Å². The molecule has 1 atom stereocenters. The zero-order valence-corrected chi connectivity index (χ0v) is 44.5. The van der Waals surface area contributed by atoms with E-state index in [1.165, 1.54) is 205 Å². The number of unbranched alkanes of at least 4 members (excludes halogenated alkanes) is 39. The Morgan fingerprint density at radius 1 is 0.303 bits per heavy atom. The predicted molar refractivity (Wildman–Crippen MR) is 284 cm³/mol. The fourth-order valence-corrected chi connectivity index (χ4v) is 8.76. The lowest BCUT2D eigenvalue weighted by Crippen LogP contribution is -2.30. The van der Waals surface area contributed by atoms with Crippen molar-refractivity contribution in [1.82, 2.24) is 0 Å². The standard InChI is InChI=1S/C60H112O6/c1-4-7-10-13-16-19-22-25-28-29-30-31-33-35-38-41-44-47-50-53-59(62)65-56-57(55-64-58(61)52-49-46-43-40-37-34-27-24-21-18-15-12-9-6-3)66-60(63)54-51-48-45-42-39-36-32-26-23-20-17-14-11-8-5-2/h15,18,24,27,57H,4-14,16-17,19-23,25-26,28-56H2,1-3H3/b18-15-,27-24-. The quantitative estimate of drug-likeness (QED) is 0.0262. The number of esters is 3. The van der Waals surface area contributed by atoms with E-state index >= 15 is 0 Å². The van der Waals surface area contributed by atoms with Gasteiger partial charge in [-0.15, -0.1) is 0 Å². The van der Waals surface area contributed by atoms with Crippen LogP contribution in [-0.2, 0) is 28.6 Å². The second kappa shape index (κ2) is 55.5. The first-order valence-electron chi connectivity index (χ1n) is 29.3. The van der Waals surface area contributed by atoms with Gasteiger partial charge in [0, 0.05) is 19.3 Å². The molecule has 0 saturated heterocycles. The van der Waals surface area contributed by atoms with Gasteiger partial charge in [0.2, 0.25) is 0 Å². The number of ether oxygens (including phenoxy) is 3. The molecule has 0 fully saturated rings. The van der Waals surface area contributed by atoms with Crippen molar-refractivity contribution in [3.8, 4) is 0 Å². The molecule has 388 valence electrons. The van der Waals surface area contributed by atoms with Gasteiger partial charge in [-0.25, -0.2) is 0 Å². The van der Waals surface area contributed by atoms with E-state index < -0.39 is 6.10 Å². The van der Waals surface area contributed by atoms with Crippen LogP contribution in [0.15, 0.2) is 24.3 Å². The van der Waals surface area contributed by atoms with E-state index in [0.717, 1.165) is 77.0 Å². The minimum Gasteiger partial charge on any atom is -0.462 e. The van der Waals surface area contributed by atoms with Crippen LogP contribution in [0.2, 0.25) is 0 Å². The van der Waals surface area contributed by atoms with Gasteiger partial charge in [-0.05, 0) is 44.9 Å². The highest BCUT2D eigenvalue weighted by atomic mass is 16.6. The van der Waals surface area contributed by atoms with Gasteiger partial charge < -0.3 is 14.2 Å². The van der Waals surface area contributed by atoms with Gasteiger partial charge >= 0.3 is 17.9 Å². The molecule has 0 N–H and O–H groups in total. The highest BCUT2D eigenvalue weighted by Crippen LogP contribution is 2.17. The zero-order chi connectivity index (χ0) is 47.9. The highest BCUT2D eigenvalue weighted by molar-refractivity contribution is 5.71. The second-order valence-electron chi connectivity index (χ2n) is 19.9.